The average Bonchev–Trinajstić information content (AvgIpc) is 2.72. The maximum absolute atomic E-state index is 13.4. The van der Waals surface area contributed by atoms with E-state index in [0.717, 1.165) is 11.1 Å². The predicted octanol–water partition coefficient (Wildman–Crippen LogP) is 3.85. The van der Waals surface area contributed by atoms with E-state index >= 15 is 0 Å². The van der Waals surface area contributed by atoms with Crippen LogP contribution in [0.3, 0.4) is 0 Å². The number of hydrogen-bond donors (Lipinski definition) is 1. The van der Waals surface area contributed by atoms with Gasteiger partial charge in [-0.25, -0.2) is 13.2 Å². The first-order valence-electron chi connectivity index (χ1n) is 8.94. The van der Waals surface area contributed by atoms with Crippen molar-refractivity contribution < 1.29 is 23.1 Å². The highest BCUT2D eigenvalue weighted by Gasteiger charge is 2.25. The van der Waals surface area contributed by atoms with E-state index in [1.54, 1.807) is 48.5 Å². The molecule has 0 amide bonds. The van der Waals surface area contributed by atoms with Gasteiger partial charge in [-0.05, 0) is 48.9 Å². The molecule has 0 heterocycles. The third-order valence-corrected chi connectivity index (χ3v) is 6.05. The lowest BCUT2D eigenvalue weighted by Crippen LogP contribution is -2.30. The van der Waals surface area contributed by atoms with E-state index in [1.165, 1.54) is 4.31 Å². The van der Waals surface area contributed by atoms with Crippen molar-refractivity contribution in [3.63, 3.8) is 0 Å². The van der Waals surface area contributed by atoms with Crippen LogP contribution in [-0.4, -0.2) is 26.1 Å². The zero-order valence-corrected chi connectivity index (χ0v) is 16.7. The van der Waals surface area contributed by atoms with Crippen LogP contribution in [0, 0.1) is 6.92 Å². The Morgan fingerprint density at radius 1 is 0.931 bits per heavy atom. The maximum atomic E-state index is 13.4. The molecule has 0 spiro atoms. The molecule has 6 nitrogen and oxygen atoms in total. The van der Waals surface area contributed by atoms with Gasteiger partial charge < -0.3 is 9.84 Å². The number of benzene rings is 3. The summed E-state index contributed by atoms with van der Waals surface area (Å²) >= 11 is 0. The number of carboxylic acids is 1. The second-order valence-electron chi connectivity index (χ2n) is 6.49. The van der Waals surface area contributed by atoms with E-state index < -0.39 is 22.6 Å². The number of anilines is 1. The number of sulfonamides is 1. The summed E-state index contributed by atoms with van der Waals surface area (Å²) in [6.07, 6.45) is 0. The zero-order chi connectivity index (χ0) is 20.9. The molecular weight excluding hydrogens is 390 g/mol. The third kappa shape index (κ3) is 5.14. The molecule has 0 unspecified atom stereocenters. The molecule has 3 aromatic carbocycles. The van der Waals surface area contributed by atoms with Crippen LogP contribution in [0.25, 0.3) is 0 Å². The number of carboxylic acid groups (broad SMARTS) is 1. The van der Waals surface area contributed by atoms with E-state index in [1.807, 2.05) is 37.3 Å². The highest BCUT2D eigenvalue weighted by Crippen LogP contribution is 2.28. The molecule has 1 N–H and O–H groups in total. The first-order chi connectivity index (χ1) is 13.9. The summed E-state index contributed by atoms with van der Waals surface area (Å²) in [5, 5.41) is 8.72. The highest BCUT2D eigenvalue weighted by atomic mass is 32.2. The molecule has 7 heteroatoms. The van der Waals surface area contributed by atoms with Crippen LogP contribution >= 0.6 is 0 Å². The van der Waals surface area contributed by atoms with Gasteiger partial charge in [-0.2, -0.15) is 0 Å². The normalized spacial score (nSPS) is 11.1. The summed E-state index contributed by atoms with van der Waals surface area (Å²) in [6.45, 7) is 1.59. The van der Waals surface area contributed by atoms with Crippen LogP contribution in [0.1, 0.15) is 11.1 Å². The molecule has 0 aliphatic carbocycles. The number of aryl methyl sites for hydroxylation is 1. The fourth-order valence-electron chi connectivity index (χ4n) is 2.76. The zero-order valence-electron chi connectivity index (χ0n) is 15.9. The van der Waals surface area contributed by atoms with Crippen molar-refractivity contribution in [1.29, 1.82) is 0 Å². The summed E-state index contributed by atoms with van der Waals surface area (Å²) in [6, 6.07) is 22.3. The molecule has 150 valence electrons. The minimum atomic E-state index is -3.81. The molecular formula is C22H21NO5S. The van der Waals surface area contributed by atoms with Crippen molar-refractivity contribution in [3.05, 3.63) is 90.0 Å². The van der Waals surface area contributed by atoms with Gasteiger partial charge in [0.25, 0.3) is 10.0 Å². The number of rotatable bonds is 8. The van der Waals surface area contributed by atoms with Crippen LogP contribution in [0.5, 0.6) is 5.75 Å². The Bertz CT molecular complexity index is 1060. The van der Waals surface area contributed by atoms with Gasteiger partial charge >= 0.3 is 5.97 Å². The summed E-state index contributed by atoms with van der Waals surface area (Å²) in [4.78, 5) is 10.9. The predicted molar refractivity (Wildman–Crippen MR) is 111 cm³/mol. The SMILES string of the molecule is Cc1ccc(S(=O)(=O)N(Cc2ccccc2)c2ccc(OCC(=O)O)cc2)cc1. The Hall–Kier alpha value is -3.32. The molecule has 0 saturated heterocycles. The average molecular weight is 411 g/mol. The molecule has 0 saturated carbocycles. The highest BCUT2D eigenvalue weighted by molar-refractivity contribution is 7.92. The van der Waals surface area contributed by atoms with Gasteiger partial charge in [0.1, 0.15) is 5.75 Å². The molecule has 3 aromatic rings. The quantitative estimate of drug-likeness (QED) is 0.609. The largest absolute Gasteiger partial charge is 0.482 e. The van der Waals surface area contributed by atoms with E-state index in [4.69, 9.17) is 9.84 Å². The first-order valence-corrected chi connectivity index (χ1v) is 10.4. The minimum absolute atomic E-state index is 0.159. The lowest BCUT2D eigenvalue weighted by atomic mass is 10.2. The summed E-state index contributed by atoms with van der Waals surface area (Å²) in [5.74, 6) is -0.731. The van der Waals surface area contributed by atoms with Crippen LogP contribution in [0.15, 0.2) is 83.8 Å². The van der Waals surface area contributed by atoms with Crippen molar-refractivity contribution in [3.8, 4) is 5.75 Å². The van der Waals surface area contributed by atoms with Crippen LogP contribution in [-0.2, 0) is 21.4 Å². The number of nitrogens with zero attached hydrogens (tertiary/aromatic N) is 1. The Morgan fingerprint density at radius 3 is 2.14 bits per heavy atom. The minimum Gasteiger partial charge on any atom is -0.482 e. The molecule has 0 aliphatic rings. The number of carbonyl (C=O) groups is 1. The maximum Gasteiger partial charge on any atom is 0.341 e. The molecule has 0 fully saturated rings. The summed E-state index contributed by atoms with van der Waals surface area (Å²) < 4.78 is 33.2. The van der Waals surface area contributed by atoms with Crippen molar-refractivity contribution in [2.45, 2.75) is 18.4 Å². The summed E-state index contributed by atoms with van der Waals surface area (Å²) in [7, 11) is -3.81. The van der Waals surface area contributed by atoms with Crippen molar-refractivity contribution >= 4 is 21.7 Å². The molecule has 3 rings (SSSR count). The molecule has 0 radical (unpaired) electrons. The van der Waals surface area contributed by atoms with E-state index in [-0.39, 0.29) is 11.4 Å². The number of ether oxygens (including phenoxy) is 1. The van der Waals surface area contributed by atoms with Gasteiger partial charge in [0.05, 0.1) is 17.1 Å². The van der Waals surface area contributed by atoms with E-state index in [0.29, 0.717) is 11.4 Å². The Balaban J connectivity index is 1.96. The van der Waals surface area contributed by atoms with Crippen LogP contribution in [0.2, 0.25) is 0 Å². The van der Waals surface area contributed by atoms with Gasteiger partial charge in [0, 0.05) is 0 Å². The monoisotopic (exact) mass is 411 g/mol. The fourth-order valence-corrected chi connectivity index (χ4v) is 4.21. The molecule has 0 aromatic heterocycles. The number of aliphatic carboxylic acids is 1. The van der Waals surface area contributed by atoms with Gasteiger partial charge in [-0.3, -0.25) is 4.31 Å². The molecule has 0 bridgehead atoms. The van der Waals surface area contributed by atoms with Crippen molar-refractivity contribution in [2.75, 3.05) is 10.9 Å². The second kappa shape index (κ2) is 8.79. The Labute approximate surface area is 170 Å². The molecule has 0 atom stereocenters. The standard InChI is InChI=1S/C22H21NO5S/c1-17-7-13-21(14-8-17)29(26,27)23(15-18-5-3-2-4-6-18)19-9-11-20(12-10-19)28-16-22(24)25/h2-14H,15-16H2,1H3,(H,24,25). The summed E-state index contributed by atoms with van der Waals surface area (Å²) in [5.41, 5.74) is 2.27. The van der Waals surface area contributed by atoms with E-state index in [9.17, 15) is 13.2 Å². The third-order valence-electron chi connectivity index (χ3n) is 4.27. The second-order valence-corrected chi connectivity index (χ2v) is 8.35. The lowest BCUT2D eigenvalue weighted by Gasteiger charge is -2.25. The van der Waals surface area contributed by atoms with Gasteiger partial charge in [0.2, 0.25) is 0 Å². The van der Waals surface area contributed by atoms with Crippen LogP contribution in [0.4, 0.5) is 5.69 Å². The number of hydrogen-bond acceptors (Lipinski definition) is 4. The van der Waals surface area contributed by atoms with Crippen molar-refractivity contribution in [1.82, 2.24) is 0 Å². The van der Waals surface area contributed by atoms with E-state index in [2.05, 4.69) is 0 Å². The molecule has 0 aliphatic heterocycles. The van der Waals surface area contributed by atoms with Crippen molar-refractivity contribution in [2.24, 2.45) is 0 Å². The molecule has 29 heavy (non-hydrogen) atoms. The fraction of sp³-hybridized carbons (Fsp3) is 0.136. The van der Waals surface area contributed by atoms with Crippen LogP contribution < -0.4 is 9.04 Å². The smallest absolute Gasteiger partial charge is 0.341 e. The topological polar surface area (TPSA) is 83.9 Å². The first kappa shape index (κ1) is 20.4. The Kier molecular flexibility index (Phi) is 6.19. The lowest BCUT2D eigenvalue weighted by molar-refractivity contribution is -0.139. The van der Waals surface area contributed by atoms with Gasteiger partial charge in [0.15, 0.2) is 6.61 Å². The Morgan fingerprint density at radius 2 is 1.55 bits per heavy atom. The van der Waals surface area contributed by atoms with Gasteiger partial charge in [-0.1, -0.05) is 48.0 Å². The van der Waals surface area contributed by atoms with Gasteiger partial charge in [-0.15, -0.1) is 0 Å².